The summed E-state index contributed by atoms with van der Waals surface area (Å²) in [6, 6.07) is 9.11. The third-order valence-electron chi connectivity index (χ3n) is 3.03. The number of ether oxygens (including phenoxy) is 2. The maximum absolute atomic E-state index is 11.8. The summed E-state index contributed by atoms with van der Waals surface area (Å²) in [7, 11) is 0. The van der Waals surface area contributed by atoms with Crippen LogP contribution in [0, 0.1) is 17.2 Å². The van der Waals surface area contributed by atoms with Gasteiger partial charge < -0.3 is 9.47 Å². The number of nitriles is 1. The van der Waals surface area contributed by atoms with Crippen LogP contribution in [0.4, 0.5) is 0 Å². The highest BCUT2D eigenvalue weighted by molar-refractivity contribution is 6.30. The molecular weight excluding hydrogens is 278 g/mol. The Labute approximate surface area is 122 Å². The smallest absolute Gasteiger partial charge is 0.313 e. The summed E-state index contributed by atoms with van der Waals surface area (Å²) in [4.78, 5) is 11.8. The van der Waals surface area contributed by atoms with E-state index in [-0.39, 0.29) is 17.8 Å². The SMILES string of the molecule is CCOC(=O)[C@@H]1C=C(C#N)O[C@H](c2ccc(Cl)cc2)C1. The molecule has 1 aliphatic heterocycles. The van der Waals surface area contributed by atoms with Crippen molar-refractivity contribution in [2.24, 2.45) is 5.92 Å². The predicted molar refractivity (Wildman–Crippen MR) is 73.7 cm³/mol. The van der Waals surface area contributed by atoms with Gasteiger partial charge in [-0.3, -0.25) is 4.79 Å². The maximum atomic E-state index is 11.8. The Hall–Kier alpha value is -1.99. The van der Waals surface area contributed by atoms with E-state index in [1.165, 1.54) is 6.08 Å². The lowest BCUT2D eigenvalue weighted by molar-refractivity contribution is -0.148. The van der Waals surface area contributed by atoms with E-state index in [4.69, 9.17) is 26.3 Å². The molecule has 0 fully saturated rings. The van der Waals surface area contributed by atoms with Crippen LogP contribution in [0.15, 0.2) is 36.1 Å². The van der Waals surface area contributed by atoms with E-state index in [1.807, 2.05) is 18.2 Å². The summed E-state index contributed by atoms with van der Waals surface area (Å²) in [5.41, 5.74) is 0.879. The van der Waals surface area contributed by atoms with Crippen molar-refractivity contribution in [3.8, 4) is 6.07 Å². The Morgan fingerprint density at radius 3 is 2.80 bits per heavy atom. The van der Waals surface area contributed by atoms with Crippen molar-refractivity contribution in [1.82, 2.24) is 0 Å². The van der Waals surface area contributed by atoms with Crippen molar-refractivity contribution in [2.45, 2.75) is 19.4 Å². The fraction of sp³-hybridized carbons (Fsp3) is 0.333. The van der Waals surface area contributed by atoms with Gasteiger partial charge in [-0.25, -0.2) is 0 Å². The van der Waals surface area contributed by atoms with E-state index >= 15 is 0 Å². The molecule has 104 valence electrons. The maximum Gasteiger partial charge on any atom is 0.313 e. The first-order valence-electron chi connectivity index (χ1n) is 6.34. The molecule has 2 rings (SSSR count). The second-order valence-corrected chi connectivity index (χ2v) is 4.83. The van der Waals surface area contributed by atoms with Gasteiger partial charge in [0.05, 0.1) is 12.5 Å². The lowest BCUT2D eigenvalue weighted by Gasteiger charge is -2.26. The van der Waals surface area contributed by atoms with Crippen LogP contribution < -0.4 is 0 Å². The van der Waals surface area contributed by atoms with Gasteiger partial charge in [0.1, 0.15) is 12.2 Å². The molecule has 0 amide bonds. The molecule has 2 atom stereocenters. The van der Waals surface area contributed by atoms with Crippen LogP contribution in [0.25, 0.3) is 0 Å². The normalized spacial score (nSPS) is 21.4. The quantitative estimate of drug-likeness (QED) is 0.801. The number of hydrogen-bond donors (Lipinski definition) is 0. The van der Waals surface area contributed by atoms with Crippen LogP contribution in [-0.2, 0) is 14.3 Å². The van der Waals surface area contributed by atoms with Crippen molar-refractivity contribution in [2.75, 3.05) is 6.61 Å². The number of esters is 1. The fourth-order valence-electron chi connectivity index (χ4n) is 2.08. The molecule has 1 aliphatic rings. The van der Waals surface area contributed by atoms with Gasteiger partial charge in [0.2, 0.25) is 0 Å². The molecular formula is C15H14ClNO3. The summed E-state index contributed by atoms with van der Waals surface area (Å²) in [5, 5.41) is 9.64. The molecule has 0 saturated carbocycles. The van der Waals surface area contributed by atoms with Gasteiger partial charge in [-0.1, -0.05) is 23.7 Å². The molecule has 4 nitrogen and oxygen atoms in total. The molecule has 0 bridgehead atoms. The van der Waals surface area contributed by atoms with Crippen molar-refractivity contribution in [1.29, 1.82) is 5.26 Å². The molecule has 0 unspecified atom stereocenters. The second-order valence-electron chi connectivity index (χ2n) is 4.40. The minimum absolute atomic E-state index is 0.147. The first kappa shape index (κ1) is 14.4. The molecule has 0 radical (unpaired) electrons. The molecule has 0 spiro atoms. The van der Waals surface area contributed by atoms with Gasteiger partial charge in [-0.15, -0.1) is 0 Å². The van der Waals surface area contributed by atoms with Crippen LogP contribution in [0.5, 0.6) is 0 Å². The van der Waals surface area contributed by atoms with Crippen LogP contribution in [0.2, 0.25) is 5.02 Å². The van der Waals surface area contributed by atoms with E-state index in [1.54, 1.807) is 19.1 Å². The Bertz CT molecular complexity index is 559. The van der Waals surface area contributed by atoms with Crippen LogP contribution in [0.3, 0.4) is 0 Å². The number of rotatable bonds is 3. The Kier molecular flexibility index (Phi) is 4.65. The molecule has 1 aromatic rings. The van der Waals surface area contributed by atoms with Crippen molar-refractivity contribution in [3.05, 3.63) is 46.7 Å². The molecule has 20 heavy (non-hydrogen) atoms. The minimum Gasteiger partial charge on any atom is -0.476 e. The minimum atomic E-state index is -0.459. The van der Waals surface area contributed by atoms with E-state index < -0.39 is 5.92 Å². The molecule has 0 aromatic heterocycles. The molecule has 0 N–H and O–H groups in total. The van der Waals surface area contributed by atoms with E-state index in [0.29, 0.717) is 18.1 Å². The van der Waals surface area contributed by atoms with E-state index in [9.17, 15) is 4.79 Å². The first-order valence-corrected chi connectivity index (χ1v) is 6.72. The lowest BCUT2D eigenvalue weighted by atomic mass is 9.94. The van der Waals surface area contributed by atoms with Crippen molar-refractivity contribution < 1.29 is 14.3 Å². The predicted octanol–water partition coefficient (Wildman–Crippen LogP) is 3.39. The van der Waals surface area contributed by atoms with Crippen LogP contribution >= 0.6 is 11.6 Å². The topological polar surface area (TPSA) is 59.3 Å². The van der Waals surface area contributed by atoms with Crippen LogP contribution in [0.1, 0.15) is 25.0 Å². The number of nitrogens with zero attached hydrogens (tertiary/aromatic N) is 1. The highest BCUT2D eigenvalue weighted by Gasteiger charge is 2.30. The standard InChI is InChI=1S/C15H14ClNO3/c1-2-19-15(18)11-7-13(9-17)20-14(8-11)10-3-5-12(16)6-4-10/h3-7,11,14H,2,8H2,1H3/t11-,14+/m1/s1. The van der Waals surface area contributed by atoms with Gasteiger partial charge in [0.25, 0.3) is 0 Å². The number of hydrogen-bond acceptors (Lipinski definition) is 4. The highest BCUT2D eigenvalue weighted by atomic mass is 35.5. The summed E-state index contributed by atoms with van der Waals surface area (Å²) in [6.45, 7) is 2.07. The second kappa shape index (κ2) is 6.44. The van der Waals surface area contributed by atoms with Gasteiger partial charge in [0.15, 0.2) is 5.76 Å². The Balaban J connectivity index is 2.21. The zero-order valence-corrected chi connectivity index (χ0v) is 11.8. The average molecular weight is 292 g/mol. The molecule has 0 aliphatic carbocycles. The molecule has 1 aromatic carbocycles. The first-order chi connectivity index (χ1) is 9.63. The van der Waals surface area contributed by atoms with Gasteiger partial charge in [-0.05, 0) is 30.7 Å². The number of allylic oxidation sites excluding steroid dienone is 1. The number of carbonyl (C=O) groups is 1. The average Bonchev–Trinajstić information content (AvgIpc) is 2.47. The number of carbonyl (C=O) groups excluding carboxylic acids is 1. The van der Waals surface area contributed by atoms with E-state index in [0.717, 1.165) is 5.56 Å². The van der Waals surface area contributed by atoms with Gasteiger partial charge >= 0.3 is 5.97 Å². The van der Waals surface area contributed by atoms with Gasteiger partial charge in [0, 0.05) is 11.4 Å². The zero-order valence-electron chi connectivity index (χ0n) is 11.0. The molecule has 5 heteroatoms. The largest absolute Gasteiger partial charge is 0.476 e. The summed E-state index contributed by atoms with van der Waals surface area (Å²) in [5.74, 6) is -0.643. The van der Waals surface area contributed by atoms with E-state index in [2.05, 4.69) is 0 Å². The third kappa shape index (κ3) is 3.31. The molecule has 1 heterocycles. The van der Waals surface area contributed by atoms with Gasteiger partial charge in [-0.2, -0.15) is 5.26 Å². The summed E-state index contributed by atoms with van der Waals surface area (Å²) < 4.78 is 10.6. The number of halogens is 1. The monoisotopic (exact) mass is 291 g/mol. The van der Waals surface area contributed by atoms with Crippen molar-refractivity contribution >= 4 is 17.6 Å². The highest BCUT2D eigenvalue weighted by Crippen LogP contribution is 2.34. The Morgan fingerprint density at radius 1 is 1.50 bits per heavy atom. The summed E-state index contributed by atoms with van der Waals surface area (Å²) in [6.07, 6.45) is 1.62. The third-order valence-corrected chi connectivity index (χ3v) is 3.28. The van der Waals surface area contributed by atoms with Crippen molar-refractivity contribution in [3.63, 3.8) is 0 Å². The fourth-order valence-corrected chi connectivity index (χ4v) is 2.21. The Morgan fingerprint density at radius 2 is 2.20 bits per heavy atom. The molecule has 0 saturated heterocycles. The lowest BCUT2D eigenvalue weighted by Crippen LogP contribution is -2.23. The zero-order chi connectivity index (χ0) is 14.5. The van der Waals surface area contributed by atoms with Crippen LogP contribution in [-0.4, -0.2) is 12.6 Å². The number of benzene rings is 1. The summed E-state index contributed by atoms with van der Waals surface area (Å²) >= 11 is 5.85.